The molecule has 96 valence electrons. The van der Waals surface area contributed by atoms with Gasteiger partial charge in [-0.15, -0.1) is 0 Å². The molecule has 0 aliphatic heterocycles. The van der Waals surface area contributed by atoms with Gasteiger partial charge in [-0.25, -0.2) is 8.78 Å². The monoisotopic (exact) mass is 264 g/mol. The summed E-state index contributed by atoms with van der Waals surface area (Å²) in [5.74, 6) is 0. The van der Waals surface area contributed by atoms with Crippen LogP contribution in [0.1, 0.15) is 12.0 Å². The summed E-state index contributed by atoms with van der Waals surface area (Å²) in [6.45, 7) is -0.464. The topological polar surface area (TPSA) is 29.5 Å². The van der Waals surface area contributed by atoms with Gasteiger partial charge in [0.25, 0.3) is 6.43 Å². The summed E-state index contributed by atoms with van der Waals surface area (Å²) in [7, 11) is 0. The van der Waals surface area contributed by atoms with Crippen LogP contribution in [0.15, 0.2) is 24.3 Å². The van der Waals surface area contributed by atoms with Crippen molar-refractivity contribution in [3.8, 4) is 0 Å². The highest BCUT2D eigenvalue weighted by atomic mass is 35.5. The molecule has 0 spiro atoms. The molecule has 0 heterocycles. The summed E-state index contributed by atoms with van der Waals surface area (Å²) in [6, 6.07) is 7.22. The molecule has 0 aliphatic rings. The molecule has 0 bridgehead atoms. The lowest BCUT2D eigenvalue weighted by Gasteiger charge is -2.11. The molecule has 0 fully saturated rings. The van der Waals surface area contributed by atoms with Crippen molar-refractivity contribution in [1.82, 2.24) is 0 Å². The van der Waals surface area contributed by atoms with Crippen molar-refractivity contribution in [3.05, 3.63) is 34.9 Å². The lowest BCUT2D eigenvalue weighted by atomic mass is 10.1. The van der Waals surface area contributed by atoms with Crippen LogP contribution in [0.5, 0.6) is 0 Å². The Morgan fingerprint density at radius 3 is 2.65 bits per heavy atom. The van der Waals surface area contributed by atoms with Crippen molar-refractivity contribution in [1.29, 1.82) is 0 Å². The Bertz CT molecular complexity index is 334. The van der Waals surface area contributed by atoms with E-state index in [1.54, 1.807) is 6.07 Å². The maximum absolute atomic E-state index is 11.8. The molecule has 0 aliphatic carbocycles. The molecule has 0 saturated heterocycles. The van der Waals surface area contributed by atoms with Gasteiger partial charge in [0.1, 0.15) is 6.61 Å². The Kier molecular flexibility index (Phi) is 6.40. The first-order valence-electron chi connectivity index (χ1n) is 5.37. The summed E-state index contributed by atoms with van der Waals surface area (Å²) in [5.41, 5.74) is 0.843. The van der Waals surface area contributed by atoms with Crippen molar-refractivity contribution in [2.75, 3.05) is 13.2 Å². The molecule has 0 aromatic heterocycles. The highest BCUT2D eigenvalue weighted by molar-refractivity contribution is 6.31. The van der Waals surface area contributed by atoms with Crippen molar-refractivity contribution in [3.63, 3.8) is 0 Å². The zero-order valence-corrected chi connectivity index (χ0v) is 10.0. The molecule has 1 unspecified atom stereocenters. The van der Waals surface area contributed by atoms with Crippen LogP contribution in [-0.4, -0.2) is 30.8 Å². The Morgan fingerprint density at radius 2 is 2.00 bits per heavy atom. The average Bonchev–Trinajstić information content (AvgIpc) is 2.27. The van der Waals surface area contributed by atoms with Gasteiger partial charge < -0.3 is 9.84 Å². The predicted octanol–water partition coefficient (Wildman–Crippen LogP) is 2.92. The van der Waals surface area contributed by atoms with E-state index in [1.165, 1.54) is 0 Å². The standard InChI is InChI=1S/C12H15ClF2O2/c13-11-4-2-1-3-9(11)7-10(16)5-6-17-8-12(14)15/h1-4,10,12,16H,5-8H2. The van der Waals surface area contributed by atoms with E-state index in [-0.39, 0.29) is 6.61 Å². The highest BCUT2D eigenvalue weighted by Crippen LogP contribution is 2.17. The number of hydrogen-bond donors (Lipinski definition) is 1. The van der Waals surface area contributed by atoms with Gasteiger partial charge in [0.2, 0.25) is 0 Å². The second kappa shape index (κ2) is 7.58. The van der Waals surface area contributed by atoms with Crippen molar-refractivity contribution in [2.45, 2.75) is 25.4 Å². The molecule has 1 N–H and O–H groups in total. The van der Waals surface area contributed by atoms with Crippen LogP contribution in [0.25, 0.3) is 0 Å². The molecule has 1 aromatic rings. The Morgan fingerprint density at radius 1 is 1.29 bits per heavy atom. The van der Waals surface area contributed by atoms with Gasteiger partial charge in [0, 0.05) is 11.6 Å². The first kappa shape index (κ1) is 14.4. The van der Waals surface area contributed by atoms with E-state index in [0.29, 0.717) is 17.9 Å². The Hall–Kier alpha value is -0.710. The second-order valence-corrected chi connectivity index (χ2v) is 4.11. The van der Waals surface area contributed by atoms with Crippen molar-refractivity contribution >= 4 is 11.6 Å². The van der Waals surface area contributed by atoms with Crippen molar-refractivity contribution in [2.24, 2.45) is 0 Å². The third-order valence-corrected chi connectivity index (χ3v) is 2.62. The smallest absolute Gasteiger partial charge is 0.261 e. The van der Waals surface area contributed by atoms with Crippen LogP contribution in [0, 0.1) is 0 Å². The maximum Gasteiger partial charge on any atom is 0.261 e. The molecule has 17 heavy (non-hydrogen) atoms. The van der Waals surface area contributed by atoms with Crippen LogP contribution in [0.4, 0.5) is 8.78 Å². The lowest BCUT2D eigenvalue weighted by Crippen LogP contribution is -2.15. The first-order chi connectivity index (χ1) is 8.09. The molecular weight excluding hydrogens is 250 g/mol. The third-order valence-electron chi connectivity index (χ3n) is 2.25. The molecule has 0 radical (unpaired) electrons. The maximum atomic E-state index is 11.8. The number of aliphatic hydroxyl groups excluding tert-OH is 1. The van der Waals surface area contributed by atoms with Gasteiger partial charge in [0.05, 0.1) is 6.10 Å². The third kappa shape index (κ3) is 5.96. The average molecular weight is 265 g/mol. The summed E-state index contributed by atoms with van der Waals surface area (Å²) in [4.78, 5) is 0. The number of aliphatic hydroxyl groups is 1. The number of hydrogen-bond acceptors (Lipinski definition) is 2. The zero-order chi connectivity index (χ0) is 12.7. The summed E-state index contributed by atoms with van der Waals surface area (Å²) in [6.07, 6.45) is -2.38. The number of benzene rings is 1. The molecular formula is C12H15ClF2O2. The van der Waals surface area contributed by atoms with E-state index < -0.39 is 19.1 Å². The Labute approximate surface area is 104 Å². The van der Waals surface area contributed by atoms with E-state index in [9.17, 15) is 13.9 Å². The summed E-state index contributed by atoms with van der Waals surface area (Å²) >= 11 is 5.93. The van der Waals surface area contributed by atoms with Gasteiger partial charge in [-0.3, -0.25) is 0 Å². The van der Waals surface area contributed by atoms with Crippen LogP contribution in [0.3, 0.4) is 0 Å². The predicted molar refractivity (Wildman–Crippen MR) is 62.6 cm³/mol. The van der Waals surface area contributed by atoms with Crippen LogP contribution >= 0.6 is 11.6 Å². The fraction of sp³-hybridized carbons (Fsp3) is 0.500. The van der Waals surface area contributed by atoms with E-state index in [4.69, 9.17) is 16.3 Å². The van der Waals surface area contributed by atoms with Crippen LogP contribution in [-0.2, 0) is 11.2 Å². The summed E-state index contributed by atoms with van der Waals surface area (Å²) < 4.78 is 28.2. The summed E-state index contributed by atoms with van der Waals surface area (Å²) in [5, 5.41) is 10.3. The largest absolute Gasteiger partial charge is 0.393 e. The molecule has 1 aromatic carbocycles. The number of halogens is 3. The van der Waals surface area contributed by atoms with Crippen LogP contribution < -0.4 is 0 Å². The van der Waals surface area contributed by atoms with E-state index in [1.807, 2.05) is 18.2 Å². The van der Waals surface area contributed by atoms with Gasteiger partial charge in [0.15, 0.2) is 0 Å². The molecule has 0 amide bonds. The highest BCUT2D eigenvalue weighted by Gasteiger charge is 2.09. The molecule has 5 heteroatoms. The first-order valence-corrected chi connectivity index (χ1v) is 5.74. The molecule has 1 rings (SSSR count). The van der Waals surface area contributed by atoms with Gasteiger partial charge in [-0.2, -0.15) is 0 Å². The van der Waals surface area contributed by atoms with Gasteiger partial charge in [-0.1, -0.05) is 29.8 Å². The fourth-order valence-corrected chi connectivity index (χ4v) is 1.62. The van der Waals surface area contributed by atoms with Crippen molar-refractivity contribution < 1.29 is 18.6 Å². The minimum Gasteiger partial charge on any atom is -0.393 e. The Balaban J connectivity index is 2.25. The second-order valence-electron chi connectivity index (χ2n) is 3.70. The van der Waals surface area contributed by atoms with E-state index in [2.05, 4.69) is 0 Å². The fourth-order valence-electron chi connectivity index (χ4n) is 1.41. The molecule has 1 atom stereocenters. The van der Waals surface area contributed by atoms with E-state index in [0.717, 1.165) is 5.56 Å². The van der Waals surface area contributed by atoms with Gasteiger partial charge in [-0.05, 0) is 24.5 Å². The van der Waals surface area contributed by atoms with E-state index >= 15 is 0 Å². The molecule has 2 nitrogen and oxygen atoms in total. The normalized spacial score (nSPS) is 13.0. The minimum atomic E-state index is -2.46. The molecule has 0 saturated carbocycles. The van der Waals surface area contributed by atoms with Crippen LogP contribution in [0.2, 0.25) is 5.02 Å². The SMILES string of the molecule is OC(CCOCC(F)F)Cc1ccccc1Cl. The van der Waals surface area contributed by atoms with Gasteiger partial charge >= 0.3 is 0 Å². The number of rotatable bonds is 7. The minimum absolute atomic E-state index is 0.121. The number of ether oxygens (including phenoxy) is 1. The number of alkyl halides is 2. The lowest BCUT2D eigenvalue weighted by molar-refractivity contribution is 0.00512. The quantitative estimate of drug-likeness (QED) is 0.768. The zero-order valence-electron chi connectivity index (χ0n) is 9.28.